The van der Waals surface area contributed by atoms with E-state index in [0.717, 1.165) is 16.8 Å². The van der Waals surface area contributed by atoms with Gasteiger partial charge in [0, 0.05) is 23.3 Å². The maximum atomic E-state index is 13.8. The van der Waals surface area contributed by atoms with Gasteiger partial charge >= 0.3 is 0 Å². The average Bonchev–Trinajstić information content (AvgIpc) is 3.09. The van der Waals surface area contributed by atoms with Gasteiger partial charge in [-0.2, -0.15) is 0 Å². The zero-order valence-corrected chi connectivity index (χ0v) is 16.8. The lowest BCUT2D eigenvalue weighted by Crippen LogP contribution is -2.50. The highest BCUT2D eigenvalue weighted by Crippen LogP contribution is 2.59. The van der Waals surface area contributed by atoms with Gasteiger partial charge in [-0.3, -0.25) is 9.59 Å². The minimum Gasteiger partial charge on any atom is -0.314 e. The maximum Gasteiger partial charge on any atom is 0.268 e. The number of carbonyl (C=O) groups is 2. The summed E-state index contributed by atoms with van der Waals surface area (Å²) in [6, 6.07) is 17.9. The molecule has 0 radical (unpaired) electrons. The van der Waals surface area contributed by atoms with Gasteiger partial charge in [0.2, 0.25) is 5.91 Å². The van der Waals surface area contributed by atoms with Crippen molar-refractivity contribution in [3.8, 4) is 0 Å². The van der Waals surface area contributed by atoms with Gasteiger partial charge in [0.25, 0.3) is 5.91 Å². The molecule has 0 N–H and O–H groups in total. The summed E-state index contributed by atoms with van der Waals surface area (Å²) in [7, 11) is 0. The van der Waals surface area contributed by atoms with E-state index >= 15 is 0 Å². The largest absolute Gasteiger partial charge is 0.314 e. The summed E-state index contributed by atoms with van der Waals surface area (Å²) in [4.78, 5) is 29.3. The van der Waals surface area contributed by atoms with Gasteiger partial charge in [0.05, 0.1) is 12.2 Å². The second-order valence-electron chi connectivity index (χ2n) is 7.73. The number of fused-ring (bicyclic) bond motifs is 2. The molecule has 1 saturated heterocycles. The van der Waals surface area contributed by atoms with Crippen molar-refractivity contribution >= 4 is 29.3 Å². The molecule has 140 valence electrons. The van der Waals surface area contributed by atoms with E-state index < -0.39 is 4.87 Å². The fraction of sp³-hybridized carbons (Fsp3) is 0.364. The first-order chi connectivity index (χ1) is 12.9. The Morgan fingerprint density at radius 1 is 1.07 bits per heavy atom. The first-order valence-electron chi connectivity index (χ1n) is 9.35. The summed E-state index contributed by atoms with van der Waals surface area (Å²) in [6.45, 7) is 7.16. The van der Waals surface area contributed by atoms with Crippen LogP contribution in [0.1, 0.15) is 38.3 Å². The minimum atomic E-state index is -0.956. The van der Waals surface area contributed by atoms with Crippen molar-refractivity contribution in [2.75, 3.05) is 11.4 Å². The Labute approximate surface area is 164 Å². The van der Waals surface area contributed by atoms with E-state index in [2.05, 4.69) is 13.8 Å². The van der Waals surface area contributed by atoms with Crippen LogP contribution in [0.25, 0.3) is 0 Å². The van der Waals surface area contributed by atoms with Crippen molar-refractivity contribution < 1.29 is 9.59 Å². The van der Waals surface area contributed by atoms with Crippen LogP contribution >= 0.6 is 11.8 Å². The maximum absolute atomic E-state index is 13.8. The highest BCUT2D eigenvalue weighted by atomic mass is 32.2. The third kappa shape index (κ3) is 2.76. The Kier molecular flexibility index (Phi) is 4.30. The van der Waals surface area contributed by atoms with Crippen LogP contribution in [0.3, 0.4) is 0 Å². The molecule has 1 spiro atoms. The molecular weight excluding hydrogens is 356 g/mol. The van der Waals surface area contributed by atoms with Gasteiger partial charge in [0.1, 0.15) is 0 Å². The molecular formula is C22H24N2O2S. The summed E-state index contributed by atoms with van der Waals surface area (Å²) < 4.78 is -0.184. The Hall–Kier alpha value is -2.27. The molecule has 0 aromatic heterocycles. The van der Waals surface area contributed by atoms with Crippen LogP contribution in [0.2, 0.25) is 0 Å². The van der Waals surface area contributed by atoms with Gasteiger partial charge in [-0.1, -0.05) is 55.5 Å². The third-order valence-corrected chi connectivity index (χ3v) is 6.82. The highest BCUT2D eigenvalue weighted by molar-refractivity contribution is 8.02. The molecule has 1 unspecified atom stereocenters. The highest BCUT2D eigenvalue weighted by Gasteiger charge is 2.63. The number of para-hydroxylation sites is 1. The summed E-state index contributed by atoms with van der Waals surface area (Å²) in [6.07, 6.45) is 0.395. The van der Waals surface area contributed by atoms with Crippen LogP contribution in [-0.2, 0) is 21.0 Å². The third-order valence-electron chi connectivity index (χ3n) is 5.22. The Bertz CT molecular complexity index is 896. The van der Waals surface area contributed by atoms with Crippen LogP contribution in [-0.4, -0.2) is 28.0 Å². The standard InChI is InChI=1S/C22H24N2O2S/c1-4-19(25)24-15-21(2,3)27-22(24)17-12-8-9-13-18(17)23(20(22)26)14-16-10-6-5-7-11-16/h5-13H,4,14-15H2,1-3H3. The van der Waals surface area contributed by atoms with Gasteiger partial charge in [0.15, 0.2) is 4.87 Å². The fourth-order valence-corrected chi connectivity index (χ4v) is 5.87. The first kappa shape index (κ1) is 18.1. The van der Waals surface area contributed by atoms with Crippen LogP contribution in [0.5, 0.6) is 0 Å². The van der Waals surface area contributed by atoms with Gasteiger partial charge in [-0.05, 0) is 25.5 Å². The number of hydrogen-bond acceptors (Lipinski definition) is 3. The van der Waals surface area contributed by atoms with E-state index in [1.165, 1.54) is 0 Å². The van der Waals surface area contributed by atoms with E-state index in [0.29, 0.717) is 19.5 Å². The quantitative estimate of drug-likeness (QED) is 0.803. The van der Waals surface area contributed by atoms with Crippen LogP contribution in [0.4, 0.5) is 5.69 Å². The second kappa shape index (κ2) is 6.41. The number of nitrogens with zero attached hydrogens (tertiary/aromatic N) is 2. The minimum absolute atomic E-state index is 0.00933. The van der Waals surface area contributed by atoms with Gasteiger partial charge < -0.3 is 9.80 Å². The molecule has 4 rings (SSSR count). The normalized spacial score (nSPS) is 23.1. The van der Waals surface area contributed by atoms with Crippen LogP contribution < -0.4 is 4.90 Å². The topological polar surface area (TPSA) is 40.6 Å². The lowest BCUT2D eigenvalue weighted by atomic mass is 10.0. The molecule has 0 saturated carbocycles. The summed E-state index contributed by atoms with van der Waals surface area (Å²) in [5.41, 5.74) is 2.92. The number of rotatable bonds is 3. The molecule has 2 aliphatic heterocycles. The van der Waals surface area contributed by atoms with E-state index in [-0.39, 0.29) is 16.6 Å². The zero-order chi connectivity index (χ0) is 19.2. The Morgan fingerprint density at radius 2 is 1.74 bits per heavy atom. The van der Waals surface area contributed by atoms with Crippen molar-refractivity contribution in [3.05, 3.63) is 65.7 Å². The van der Waals surface area contributed by atoms with Crippen molar-refractivity contribution in [2.45, 2.75) is 43.4 Å². The number of thioether (sulfide) groups is 1. The van der Waals surface area contributed by atoms with Crippen LogP contribution in [0.15, 0.2) is 54.6 Å². The molecule has 2 aliphatic rings. The van der Waals surface area contributed by atoms with Crippen LogP contribution in [0, 0.1) is 0 Å². The van der Waals surface area contributed by atoms with E-state index in [1.54, 1.807) is 11.8 Å². The molecule has 2 heterocycles. The predicted octanol–water partition coefficient (Wildman–Crippen LogP) is 4.15. The second-order valence-corrected chi connectivity index (χ2v) is 9.63. The van der Waals surface area contributed by atoms with E-state index in [4.69, 9.17) is 0 Å². The SMILES string of the molecule is CCC(=O)N1CC(C)(C)SC12C(=O)N(Cc1ccccc1)c1ccccc12. The molecule has 27 heavy (non-hydrogen) atoms. The van der Waals surface area contributed by atoms with Gasteiger partial charge in [-0.15, -0.1) is 11.8 Å². The molecule has 2 aromatic carbocycles. The molecule has 0 aliphatic carbocycles. The molecule has 1 atom stereocenters. The summed E-state index contributed by atoms with van der Waals surface area (Å²) >= 11 is 1.61. The Morgan fingerprint density at radius 3 is 2.44 bits per heavy atom. The van der Waals surface area contributed by atoms with Crippen molar-refractivity contribution in [1.82, 2.24) is 4.90 Å². The predicted molar refractivity (Wildman–Crippen MR) is 109 cm³/mol. The molecule has 4 nitrogen and oxygen atoms in total. The molecule has 0 bridgehead atoms. The van der Waals surface area contributed by atoms with Crippen molar-refractivity contribution in [2.24, 2.45) is 0 Å². The average molecular weight is 381 g/mol. The lowest BCUT2D eigenvalue weighted by Gasteiger charge is -2.33. The number of carbonyl (C=O) groups excluding carboxylic acids is 2. The number of anilines is 1. The number of benzene rings is 2. The smallest absolute Gasteiger partial charge is 0.268 e. The number of hydrogen-bond donors (Lipinski definition) is 0. The summed E-state index contributed by atoms with van der Waals surface area (Å²) in [5, 5.41) is 0. The van der Waals surface area contributed by atoms with Gasteiger partial charge in [-0.25, -0.2) is 0 Å². The summed E-state index contributed by atoms with van der Waals surface area (Å²) in [5.74, 6) is 0.0164. The van der Waals surface area contributed by atoms with E-state index in [1.807, 2.05) is 71.3 Å². The molecule has 2 aromatic rings. The Balaban J connectivity index is 1.84. The number of amides is 2. The molecule has 2 amide bonds. The molecule has 5 heteroatoms. The molecule has 1 fully saturated rings. The fourth-order valence-electron chi connectivity index (χ4n) is 4.12. The first-order valence-corrected chi connectivity index (χ1v) is 10.2. The van der Waals surface area contributed by atoms with Crippen molar-refractivity contribution in [3.63, 3.8) is 0 Å². The zero-order valence-electron chi connectivity index (χ0n) is 15.9. The van der Waals surface area contributed by atoms with E-state index in [9.17, 15) is 9.59 Å². The lowest BCUT2D eigenvalue weighted by molar-refractivity contribution is -0.140. The monoisotopic (exact) mass is 380 g/mol. The van der Waals surface area contributed by atoms with Crippen molar-refractivity contribution in [1.29, 1.82) is 0 Å².